The molecular weight excluding hydrogens is 383 g/mol. The Balaban J connectivity index is 1.39. The van der Waals surface area contributed by atoms with Gasteiger partial charge < -0.3 is 9.32 Å². The number of benzene rings is 1. The fraction of sp³-hybridized carbons (Fsp3) is 0.435. The number of carbonyl (C=O) groups is 1. The Morgan fingerprint density at radius 3 is 3.10 bits per heavy atom. The first-order chi connectivity index (χ1) is 14.6. The number of hydrogen-bond acceptors (Lipinski definition) is 4. The van der Waals surface area contributed by atoms with Gasteiger partial charge in [-0.15, -0.1) is 0 Å². The normalized spacial score (nSPS) is 16.7. The fourth-order valence-corrected chi connectivity index (χ4v) is 3.93. The molecule has 1 N–H and O–H groups in total. The van der Waals surface area contributed by atoms with Crippen molar-refractivity contribution in [2.45, 2.75) is 51.4 Å². The predicted molar refractivity (Wildman–Crippen MR) is 111 cm³/mol. The van der Waals surface area contributed by atoms with E-state index in [1.54, 1.807) is 12.3 Å². The molecule has 7 heteroatoms. The smallest absolute Gasteiger partial charge is 0.274 e. The molecule has 158 valence electrons. The second-order valence-corrected chi connectivity index (χ2v) is 7.94. The van der Waals surface area contributed by atoms with E-state index in [0.29, 0.717) is 36.9 Å². The number of oxazole rings is 1. The minimum atomic E-state index is -0.259. The Morgan fingerprint density at radius 2 is 2.27 bits per heavy atom. The van der Waals surface area contributed by atoms with Gasteiger partial charge in [-0.1, -0.05) is 25.5 Å². The van der Waals surface area contributed by atoms with E-state index in [1.165, 1.54) is 12.1 Å². The van der Waals surface area contributed by atoms with Crippen molar-refractivity contribution in [3.05, 3.63) is 70.9 Å². The summed E-state index contributed by atoms with van der Waals surface area (Å²) in [5.74, 6) is 1.09. The first-order valence-corrected chi connectivity index (χ1v) is 10.6. The lowest BCUT2D eigenvalue weighted by molar-refractivity contribution is 0.0692. The number of amides is 1. The minimum Gasteiger partial charge on any atom is -0.445 e. The highest BCUT2D eigenvalue weighted by molar-refractivity contribution is 5.92. The van der Waals surface area contributed by atoms with E-state index in [9.17, 15) is 9.18 Å². The van der Waals surface area contributed by atoms with Crippen LogP contribution in [0.5, 0.6) is 0 Å². The summed E-state index contributed by atoms with van der Waals surface area (Å²) >= 11 is 0. The van der Waals surface area contributed by atoms with Crippen molar-refractivity contribution in [1.29, 1.82) is 0 Å². The summed E-state index contributed by atoms with van der Waals surface area (Å²) in [5, 5.41) is 7.19. The van der Waals surface area contributed by atoms with Crippen LogP contribution in [0.25, 0.3) is 0 Å². The summed E-state index contributed by atoms with van der Waals surface area (Å²) in [6, 6.07) is 8.35. The average Bonchev–Trinajstić information content (AvgIpc) is 3.42. The molecule has 0 bridgehead atoms. The van der Waals surface area contributed by atoms with Gasteiger partial charge in [-0.25, -0.2) is 9.37 Å². The SMILES string of the molecule is CCCCc1cc(C(=O)N2CCCC(c3ncc(Cc4cccc(F)c4)o3)C2)n[nH]1. The molecular formula is C23H27FN4O2. The number of likely N-dealkylation sites (tertiary alicyclic amines) is 1. The Kier molecular flexibility index (Phi) is 6.26. The van der Waals surface area contributed by atoms with Crippen LogP contribution >= 0.6 is 0 Å². The van der Waals surface area contributed by atoms with Crippen LogP contribution in [0.4, 0.5) is 4.39 Å². The molecule has 1 atom stereocenters. The highest BCUT2D eigenvalue weighted by Crippen LogP contribution is 2.28. The standard InChI is InChI=1S/C23H27FN4O2/c1-2-3-9-19-13-21(27-26-19)23(29)28-10-5-7-17(15-28)22-25-14-20(30-22)12-16-6-4-8-18(24)11-16/h4,6,8,11,13-14,17H,2-3,5,7,9-10,12,15H2,1H3,(H,26,27). The molecule has 1 saturated heterocycles. The van der Waals surface area contributed by atoms with Crippen molar-refractivity contribution in [3.63, 3.8) is 0 Å². The molecule has 3 heterocycles. The number of hydrogen-bond donors (Lipinski definition) is 1. The Labute approximate surface area is 175 Å². The largest absolute Gasteiger partial charge is 0.445 e. The molecule has 30 heavy (non-hydrogen) atoms. The maximum absolute atomic E-state index is 13.4. The number of carbonyl (C=O) groups excluding carboxylic acids is 1. The summed E-state index contributed by atoms with van der Waals surface area (Å²) in [7, 11) is 0. The van der Waals surface area contributed by atoms with Crippen LogP contribution in [0, 0.1) is 5.82 Å². The number of aromatic amines is 1. The summed E-state index contributed by atoms with van der Waals surface area (Å²) in [6.45, 7) is 3.42. The lowest BCUT2D eigenvalue weighted by Crippen LogP contribution is -2.39. The summed E-state index contributed by atoms with van der Waals surface area (Å²) < 4.78 is 19.4. The number of aromatic nitrogens is 3. The highest BCUT2D eigenvalue weighted by atomic mass is 19.1. The molecule has 0 aliphatic carbocycles. The molecule has 2 aromatic heterocycles. The third-order valence-corrected chi connectivity index (χ3v) is 5.55. The van der Waals surface area contributed by atoms with Crippen LogP contribution in [0.2, 0.25) is 0 Å². The highest BCUT2D eigenvalue weighted by Gasteiger charge is 2.29. The maximum atomic E-state index is 13.4. The zero-order valence-corrected chi connectivity index (χ0v) is 17.2. The van der Waals surface area contributed by atoms with Gasteiger partial charge in [0.15, 0.2) is 5.89 Å². The van der Waals surface area contributed by atoms with Gasteiger partial charge in [0.25, 0.3) is 5.91 Å². The quantitative estimate of drug-likeness (QED) is 0.623. The number of rotatable bonds is 7. The van der Waals surface area contributed by atoms with E-state index < -0.39 is 0 Å². The zero-order chi connectivity index (χ0) is 20.9. The van der Waals surface area contributed by atoms with Gasteiger partial charge in [0, 0.05) is 25.2 Å². The van der Waals surface area contributed by atoms with Crippen molar-refractivity contribution in [1.82, 2.24) is 20.1 Å². The molecule has 0 radical (unpaired) electrons. The molecule has 3 aromatic rings. The van der Waals surface area contributed by atoms with Gasteiger partial charge in [0.2, 0.25) is 0 Å². The van der Waals surface area contributed by atoms with Crippen molar-refractivity contribution < 1.29 is 13.6 Å². The Bertz CT molecular complexity index is 997. The second kappa shape index (κ2) is 9.24. The topological polar surface area (TPSA) is 75.0 Å². The van der Waals surface area contributed by atoms with Gasteiger partial charge >= 0.3 is 0 Å². The summed E-state index contributed by atoms with van der Waals surface area (Å²) in [6.07, 6.45) is 7.10. The molecule has 1 fully saturated rings. The second-order valence-electron chi connectivity index (χ2n) is 7.94. The van der Waals surface area contributed by atoms with E-state index in [-0.39, 0.29) is 17.6 Å². The van der Waals surface area contributed by atoms with E-state index in [2.05, 4.69) is 22.1 Å². The van der Waals surface area contributed by atoms with Gasteiger partial charge in [-0.3, -0.25) is 9.89 Å². The first kappa shape index (κ1) is 20.3. The van der Waals surface area contributed by atoms with Gasteiger partial charge in [-0.05, 0) is 49.4 Å². The van der Waals surface area contributed by atoms with E-state index in [4.69, 9.17) is 4.42 Å². The maximum Gasteiger partial charge on any atom is 0.274 e. The lowest BCUT2D eigenvalue weighted by Gasteiger charge is -2.30. The molecule has 1 amide bonds. The van der Waals surface area contributed by atoms with Crippen LogP contribution in [0.1, 0.15) is 71.9 Å². The summed E-state index contributed by atoms with van der Waals surface area (Å²) in [5.41, 5.74) is 2.32. The molecule has 1 aromatic carbocycles. The Hall–Kier alpha value is -2.96. The zero-order valence-electron chi connectivity index (χ0n) is 17.2. The number of H-pyrrole nitrogens is 1. The van der Waals surface area contributed by atoms with Crippen LogP contribution in [-0.4, -0.2) is 39.1 Å². The number of nitrogens with one attached hydrogen (secondary N) is 1. The molecule has 1 aliphatic heterocycles. The van der Waals surface area contributed by atoms with Crippen molar-refractivity contribution in [2.24, 2.45) is 0 Å². The van der Waals surface area contributed by atoms with Gasteiger partial charge in [0.05, 0.1) is 12.1 Å². The predicted octanol–water partition coefficient (Wildman–Crippen LogP) is 4.49. The third kappa shape index (κ3) is 4.78. The van der Waals surface area contributed by atoms with Gasteiger partial charge in [-0.2, -0.15) is 5.10 Å². The van der Waals surface area contributed by atoms with Gasteiger partial charge in [0.1, 0.15) is 17.3 Å². The van der Waals surface area contributed by atoms with Crippen LogP contribution in [0.3, 0.4) is 0 Å². The average molecular weight is 410 g/mol. The monoisotopic (exact) mass is 410 g/mol. The number of halogens is 1. The van der Waals surface area contributed by atoms with Crippen LogP contribution in [0.15, 0.2) is 40.9 Å². The number of aryl methyl sites for hydroxylation is 1. The number of unbranched alkanes of at least 4 members (excludes halogenated alkanes) is 1. The fourth-order valence-electron chi connectivity index (χ4n) is 3.93. The van der Waals surface area contributed by atoms with E-state index in [1.807, 2.05) is 17.0 Å². The van der Waals surface area contributed by atoms with Crippen molar-refractivity contribution in [2.75, 3.05) is 13.1 Å². The van der Waals surface area contributed by atoms with Crippen LogP contribution in [-0.2, 0) is 12.8 Å². The molecule has 0 saturated carbocycles. The van der Waals surface area contributed by atoms with E-state index in [0.717, 1.165) is 43.4 Å². The number of nitrogens with zero attached hydrogens (tertiary/aromatic N) is 3. The molecule has 0 spiro atoms. The Morgan fingerprint density at radius 1 is 1.37 bits per heavy atom. The van der Waals surface area contributed by atoms with Crippen molar-refractivity contribution >= 4 is 5.91 Å². The number of piperidine rings is 1. The molecule has 4 rings (SSSR count). The molecule has 1 unspecified atom stereocenters. The minimum absolute atomic E-state index is 0.0507. The molecule has 1 aliphatic rings. The lowest BCUT2D eigenvalue weighted by atomic mass is 9.97. The first-order valence-electron chi connectivity index (χ1n) is 10.6. The van der Waals surface area contributed by atoms with Crippen molar-refractivity contribution in [3.8, 4) is 0 Å². The molecule has 6 nitrogen and oxygen atoms in total. The van der Waals surface area contributed by atoms with Crippen LogP contribution < -0.4 is 0 Å². The third-order valence-electron chi connectivity index (χ3n) is 5.55. The summed E-state index contributed by atoms with van der Waals surface area (Å²) in [4.78, 5) is 19.2. The van der Waals surface area contributed by atoms with E-state index >= 15 is 0 Å².